The van der Waals surface area contributed by atoms with Crippen molar-refractivity contribution >= 4 is 21.6 Å². The largest absolute Gasteiger partial charge is 0.491 e. The Bertz CT molecular complexity index is 598. The summed E-state index contributed by atoms with van der Waals surface area (Å²) < 4.78 is 30.9. The summed E-state index contributed by atoms with van der Waals surface area (Å²) in [5.74, 6) is 0.285. The third-order valence-corrected chi connectivity index (χ3v) is 4.20. The number of nitrogens with zero attached hydrogens (tertiary/aromatic N) is 1. The maximum atomic E-state index is 12.1. The second kappa shape index (κ2) is 5.08. The highest BCUT2D eigenvalue weighted by molar-refractivity contribution is 7.92. The number of hydrogen-bond donors (Lipinski definition) is 1. The zero-order chi connectivity index (χ0) is 14.0. The predicted octanol–water partition coefficient (Wildman–Crippen LogP) is 0.913. The zero-order valence-electron chi connectivity index (χ0n) is 10.8. The Hall–Kier alpha value is -1.76. The number of anilines is 1. The standard InChI is InChI=1S/C12H16N2O4S/c1-3-19(16,17)13-9-4-5-11-10(8-9)12(15)14(2)6-7-18-11/h4-5,8,13H,3,6-7H2,1-2H3. The molecule has 0 saturated carbocycles. The first-order chi connectivity index (χ1) is 8.93. The fraction of sp³-hybridized carbons (Fsp3) is 0.417. The lowest BCUT2D eigenvalue weighted by Gasteiger charge is -2.13. The molecule has 0 radical (unpaired) electrons. The van der Waals surface area contributed by atoms with Crippen LogP contribution in [0, 0.1) is 0 Å². The first-order valence-corrected chi connectivity index (χ1v) is 7.61. The number of carbonyl (C=O) groups excluding carboxylic acids is 1. The molecule has 0 bridgehead atoms. The van der Waals surface area contributed by atoms with E-state index in [0.717, 1.165) is 0 Å². The van der Waals surface area contributed by atoms with Crippen LogP contribution in [0.3, 0.4) is 0 Å². The maximum absolute atomic E-state index is 12.1. The van der Waals surface area contributed by atoms with Crippen LogP contribution >= 0.6 is 0 Å². The number of nitrogens with one attached hydrogen (secondary N) is 1. The Morgan fingerprint density at radius 1 is 1.42 bits per heavy atom. The molecule has 19 heavy (non-hydrogen) atoms. The molecule has 1 aliphatic rings. The van der Waals surface area contributed by atoms with Gasteiger partial charge in [-0.15, -0.1) is 0 Å². The summed E-state index contributed by atoms with van der Waals surface area (Å²) in [7, 11) is -1.67. The number of fused-ring (bicyclic) bond motifs is 1. The smallest absolute Gasteiger partial charge is 0.257 e. The van der Waals surface area contributed by atoms with Gasteiger partial charge in [0.1, 0.15) is 12.4 Å². The summed E-state index contributed by atoms with van der Waals surface area (Å²) in [5, 5.41) is 0. The van der Waals surface area contributed by atoms with E-state index in [4.69, 9.17) is 4.74 Å². The van der Waals surface area contributed by atoms with E-state index >= 15 is 0 Å². The Morgan fingerprint density at radius 2 is 2.16 bits per heavy atom. The Balaban J connectivity index is 2.37. The Labute approximate surface area is 112 Å². The van der Waals surface area contributed by atoms with Crippen LogP contribution in [0.2, 0.25) is 0 Å². The molecule has 104 valence electrons. The molecule has 1 aromatic carbocycles. The van der Waals surface area contributed by atoms with Gasteiger partial charge in [-0.2, -0.15) is 0 Å². The molecular weight excluding hydrogens is 268 g/mol. The summed E-state index contributed by atoms with van der Waals surface area (Å²) in [6, 6.07) is 4.71. The number of hydrogen-bond acceptors (Lipinski definition) is 4. The van der Waals surface area contributed by atoms with Crippen molar-refractivity contribution in [3.05, 3.63) is 23.8 Å². The van der Waals surface area contributed by atoms with Gasteiger partial charge in [-0.05, 0) is 25.1 Å². The molecule has 0 fully saturated rings. The Kier molecular flexibility index (Phi) is 3.66. The number of ether oxygens (including phenoxy) is 1. The molecule has 2 rings (SSSR count). The molecule has 0 spiro atoms. The van der Waals surface area contributed by atoms with Crippen LogP contribution in [-0.2, 0) is 10.0 Å². The zero-order valence-corrected chi connectivity index (χ0v) is 11.7. The van der Waals surface area contributed by atoms with Gasteiger partial charge >= 0.3 is 0 Å². The first-order valence-electron chi connectivity index (χ1n) is 5.96. The summed E-state index contributed by atoms with van der Waals surface area (Å²) in [6.07, 6.45) is 0. The van der Waals surface area contributed by atoms with E-state index in [1.165, 1.54) is 6.07 Å². The summed E-state index contributed by atoms with van der Waals surface area (Å²) in [5.41, 5.74) is 0.740. The van der Waals surface area contributed by atoms with Crippen molar-refractivity contribution in [1.82, 2.24) is 4.90 Å². The van der Waals surface area contributed by atoms with Gasteiger partial charge in [-0.1, -0.05) is 0 Å². The molecule has 1 heterocycles. The van der Waals surface area contributed by atoms with Gasteiger partial charge in [0, 0.05) is 12.7 Å². The van der Waals surface area contributed by atoms with Gasteiger partial charge in [0.25, 0.3) is 5.91 Å². The summed E-state index contributed by atoms with van der Waals surface area (Å²) in [4.78, 5) is 13.6. The predicted molar refractivity (Wildman–Crippen MR) is 72.0 cm³/mol. The average Bonchev–Trinajstić information content (AvgIpc) is 2.51. The highest BCUT2D eigenvalue weighted by Gasteiger charge is 2.21. The number of likely N-dealkylation sites (N-methyl/N-ethyl adjacent to an activating group) is 1. The van der Waals surface area contributed by atoms with Crippen LogP contribution in [0.25, 0.3) is 0 Å². The maximum Gasteiger partial charge on any atom is 0.257 e. The molecule has 0 aliphatic carbocycles. The van der Waals surface area contributed by atoms with Gasteiger partial charge < -0.3 is 9.64 Å². The number of benzene rings is 1. The van der Waals surface area contributed by atoms with E-state index < -0.39 is 10.0 Å². The molecule has 1 amide bonds. The van der Waals surface area contributed by atoms with Crippen molar-refractivity contribution in [3.63, 3.8) is 0 Å². The third-order valence-electron chi connectivity index (χ3n) is 2.89. The molecule has 0 saturated heterocycles. The minimum atomic E-state index is -3.35. The van der Waals surface area contributed by atoms with E-state index in [-0.39, 0.29) is 11.7 Å². The average molecular weight is 284 g/mol. The molecule has 1 N–H and O–H groups in total. The topological polar surface area (TPSA) is 75.7 Å². The van der Waals surface area contributed by atoms with E-state index in [1.54, 1.807) is 31.0 Å². The van der Waals surface area contributed by atoms with Crippen LogP contribution in [0.5, 0.6) is 5.75 Å². The Morgan fingerprint density at radius 3 is 2.84 bits per heavy atom. The van der Waals surface area contributed by atoms with Crippen LogP contribution < -0.4 is 9.46 Å². The molecular formula is C12H16N2O4S. The fourth-order valence-electron chi connectivity index (χ4n) is 1.74. The number of amides is 1. The third kappa shape index (κ3) is 2.98. The van der Waals surface area contributed by atoms with Gasteiger partial charge in [-0.3, -0.25) is 9.52 Å². The summed E-state index contributed by atoms with van der Waals surface area (Å²) >= 11 is 0. The lowest BCUT2D eigenvalue weighted by Crippen LogP contribution is -2.27. The molecule has 0 unspecified atom stereocenters. The minimum absolute atomic E-state index is 0.0194. The second-order valence-electron chi connectivity index (χ2n) is 4.29. The summed E-state index contributed by atoms with van der Waals surface area (Å²) in [6.45, 7) is 2.48. The minimum Gasteiger partial charge on any atom is -0.491 e. The highest BCUT2D eigenvalue weighted by Crippen LogP contribution is 2.26. The van der Waals surface area contributed by atoms with E-state index in [9.17, 15) is 13.2 Å². The lowest BCUT2D eigenvalue weighted by molar-refractivity contribution is 0.0797. The highest BCUT2D eigenvalue weighted by atomic mass is 32.2. The normalized spacial score (nSPS) is 15.5. The van der Waals surface area contributed by atoms with Crippen LogP contribution in [0.15, 0.2) is 18.2 Å². The van der Waals surface area contributed by atoms with E-state index in [2.05, 4.69) is 4.72 Å². The molecule has 1 aliphatic heterocycles. The van der Waals surface area contributed by atoms with Crippen molar-refractivity contribution in [3.8, 4) is 5.75 Å². The van der Waals surface area contributed by atoms with Crippen molar-refractivity contribution < 1.29 is 17.9 Å². The van der Waals surface area contributed by atoms with Crippen molar-refractivity contribution in [2.75, 3.05) is 30.7 Å². The molecule has 0 aromatic heterocycles. The van der Waals surface area contributed by atoms with E-state index in [0.29, 0.717) is 30.2 Å². The fourth-order valence-corrected chi connectivity index (χ4v) is 2.37. The van der Waals surface area contributed by atoms with Crippen LogP contribution in [0.4, 0.5) is 5.69 Å². The van der Waals surface area contributed by atoms with Crippen LogP contribution in [0.1, 0.15) is 17.3 Å². The van der Waals surface area contributed by atoms with Gasteiger partial charge in [-0.25, -0.2) is 8.42 Å². The first kappa shape index (κ1) is 13.7. The van der Waals surface area contributed by atoms with Crippen LogP contribution in [-0.4, -0.2) is 45.2 Å². The van der Waals surface area contributed by atoms with E-state index in [1.807, 2.05) is 0 Å². The van der Waals surface area contributed by atoms with Crippen molar-refractivity contribution in [2.45, 2.75) is 6.92 Å². The van der Waals surface area contributed by atoms with Crippen molar-refractivity contribution in [1.29, 1.82) is 0 Å². The van der Waals surface area contributed by atoms with Crippen molar-refractivity contribution in [2.24, 2.45) is 0 Å². The molecule has 1 aromatic rings. The number of sulfonamides is 1. The molecule has 7 heteroatoms. The monoisotopic (exact) mass is 284 g/mol. The molecule has 6 nitrogen and oxygen atoms in total. The molecule has 0 atom stereocenters. The quantitative estimate of drug-likeness (QED) is 0.895. The SMILES string of the molecule is CCS(=O)(=O)Nc1ccc2c(c1)C(=O)N(C)CCO2. The second-order valence-corrected chi connectivity index (χ2v) is 6.30. The van der Waals surface area contributed by atoms with Gasteiger partial charge in [0.15, 0.2) is 0 Å². The number of rotatable bonds is 3. The van der Waals surface area contributed by atoms with Gasteiger partial charge in [0.2, 0.25) is 10.0 Å². The lowest BCUT2D eigenvalue weighted by atomic mass is 10.1. The number of carbonyl (C=O) groups is 1. The van der Waals surface area contributed by atoms with Gasteiger partial charge in [0.05, 0.1) is 17.9 Å².